The monoisotopic (exact) mass is 216 g/mol. The largest absolute Gasteiger partial charge is 0.380 e. The minimum absolute atomic E-state index is 0.0995. The molecule has 1 saturated heterocycles. The van der Waals surface area contributed by atoms with E-state index < -0.39 is 0 Å². The second-order valence-electron chi connectivity index (χ2n) is 3.82. The first-order chi connectivity index (χ1) is 7.17. The Morgan fingerprint density at radius 1 is 1.73 bits per heavy atom. The van der Waals surface area contributed by atoms with Crippen LogP contribution >= 0.6 is 0 Å². The molecule has 0 aliphatic carbocycles. The van der Waals surface area contributed by atoms with Gasteiger partial charge in [-0.1, -0.05) is 0 Å². The predicted octanol–water partition coefficient (Wildman–Crippen LogP) is -0.402. The van der Waals surface area contributed by atoms with Gasteiger partial charge in [0.25, 0.3) is 0 Å². The third-order valence-electron chi connectivity index (χ3n) is 2.59. The standard InChI is InChI=1S/C10H20N2O3/c1-8-7-12(3-4-15-8)10(13)5-9(6-11)14-2/h8-9H,3-7,11H2,1-2H3. The lowest BCUT2D eigenvalue weighted by Crippen LogP contribution is -2.46. The van der Waals surface area contributed by atoms with E-state index >= 15 is 0 Å². The molecule has 1 rings (SSSR count). The van der Waals surface area contributed by atoms with Crippen molar-refractivity contribution in [1.82, 2.24) is 4.90 Å². The van der Waals surface area contributed by atoms with Gasteiger partial charge in [-0.25, -0.2) is 0 Å². The molecule has 0 aromatic heterocycles. The number of nitrogens with two attached hydrogens (primary N) is 1. The van der Waals surface area contributed by atoms with Crippen molar-refractivity contribution >= 4 is 5.91 Å². The van der Waals surface area contributed by atoms with Gasteiger partial charge in [0, 0.05) is 26.7 Å². The van der Waals surface area contributed by atoms with Crippen LogP contribution in [0.25, 0.3) is 0 Å². The average molecular weight is 216 g/mol. The van der Waals surface area contributed by atoms with Crippen LogP contribution in [0.15, 0.2) is 0 Å². The number of methoxy groups -OCH3 is 1. The van der Waals surface area contributed by atoms with Crippen LogP contribution < -0.4 is 5.73 Å². The van der Waals surface area contributed by atoms with Gasteiger partial charge >= 0.3 is 0 Å². The smallest absolute Gasteiger partial charge is 0.225 e. The van der Waals surface area contributed by atoms with Gasteiger partial charge in [0.1, 0.15) is 0 Å². The fraction of sp³-hybridized carbons (Fsp3) is 0.900. The molecule has 1 heterocycles. The highest BCUT2D eigenvalue weighted by Gasteiger charge is 2.23. The van der Waals surface area contributed by atoms with E-state index in [1.807, 2.05) is 11.8 Å². The number of morpholine rings is 1. The van der Waals surface area contributed by atoms with Crippen LogP contribution in [0.4, 0.5) is 0 Å². The van der Waals surface area contributed by atoms with Gasteiger partial charge < -0.3 is 20.1 Å². The maximum absolute atomic E-state index is 11.8. The van der Waals surface area contributed by atoms with Crippen LogP contribution in [0, 0.1) is 0 Å². The summed E-state index contributed by atoms with van der Waals surface area (Å²) in [7, 11) is 1.58. The lowest BCUT2D eigenvalue weighted by molar-refractivity contribution is -0.140. The number of nitrogens with zero attached hydrogens (tertiary/aromatic N) is 1. The zero-order valence-corrected chi connectivity index (χ0v) is 9.44. The average Bonchev–Trinajstić information content (AvgIpc) is 2.25. The molecule has 1 fully saturated rings. The first-order valence-corrected chi connectivity index (χ1v) is 5.29. The van der Waals surface area contributed by atoms with Crippen LogP contribution in [0.1, 0.15) is 13.3 Å². The Balaban J connectivity index is 2.38. The quantitative estimate of drug-likeness (QED) is 0.694. The van der Waals surface area contributed by atoms with Crippen molar-refractivity contribution in [2.24, 2.45) is 5.73 Å². The summed E-state index contributed by atoms with van der Waals surface area (Å²) < 4.78 is 10.5. The topological polar surface area (TPSA) is 64.8 Å². The van der Waals surface area contributed by atoms with Crippen LogP contribution in [0.2, 0.25) is 0 Å². The minimum atomic E-state index is -0.171. The molecule has 0 aromatic carbocycles. The molecule has 1 aliphatic rings. The number of carbonyl (C=O) groups is 1. The molecule has 0 saturated carbocycles. The van der Waals surface area contributed by atoms with Crippen molar-refractivity contribution in [3.63, 3.8) is 0 Å². The predicted molar refractivity (Wildman–Crippen MR) is 56.5 cm³/mol. The highest BCUT2D eigenvalue weighted by atomic mass is 16.5. The number of ether oxygens (including phenoxy) is 2. The second-order valence-corrected chi connectivity index (χ2v) is 3.82. The SMILES string of the molecule is COC(CN)CC(=O)N1CCOC(C)C1. The Hall–Kier alpha value is -0.650. The molecule has 5 nitrogen and oxygen atoms in total. The molecular weight excluding hydrogens is 196 g/mol. The number of amides is 1. The Bertz CT molecular complexity index is 207. The normalized spacial score (nSPS) is 23.9. The Morgan fingerprint density at radius 3 is 3.00 bits per heavy atom. The molecule has 15 heavy (non-hydrogen) atoms. The van der Waals surface area contributed by atoms with Crippen molar-refractivity contribution in [2.45, 2.75) is 25.6 Å². The minimum Gasteiger partial charge on any atom is -0.380 e. The molecular formula is C10H20N2O3. The van der Waals surface area contributed by atoms with Crippen LogP contribution in [0.3, 0.4) is 0 Å². The number of rotatable bonds is 4. The summed E-state index contributed by atoms with van der Waals surface area (Å²) in [5.41, 5.74) is 5.47. The number of hydrogen-bond donors (Lipinski definition) is 1. The molecule has 5 heteroatoms. The molecule has 0 radical (unpaired) electrons. The molecule has 0 aromatic rings. The van der Waals surface area contributed by atoms with E-state index in [0.29, 0.717) is 32.7 Å². The van der Waals surface area contributed by atoms with Gasteiger partial charge in [-0.05, 0) is 6.92 Å². The molecule has 2 N–H and O–H groups in total. The van der Waals surface area contributed by atoms with Gasteiger partial charge in [-0.2, -0.15) is 0 Å². The van der Waals surface area contributed by atoms with Crippen molar-refractivity contribution in [2.75, 3.05) is 33.4 Å². The summed E-state index contributed by atoms with van der Waals surface area (Å²) in [4.78, 5) is 13.6. The molecule has 0 bridgehead atoms. The van der Waals surface area contributed by atoms with E-state index in [9.17, 15) is 4.79 Å². The maximum atomic E-state index is 11.8. The van der Waals surface area contributed by atoms with Crippen molar-refractivity contribution in [1.29, 1.82) is 0 Å². The Morgan fingerprint density at radius 2 is 2.47 bits per heavy atom. The summed E-state index contributed by atoms with van der Waals surface area (Å²) in [6, 6.07) is 0. The Labute approximate surface area is 90.5 Å². The van der Waals surface area contributed by atoms with Gasteiger partial charge in [0.05, 0.1) is 25.2 Å². The summed E-state index contributed by atoms with van der Waals surface area (Å²) in [5, 5.41) is 0. The van der Waals surface area contributed by atoms with Gasteiger partial charge in [0.15, 0.2) is 0 Å². The third kappa shape index (κ3) is 3.77. The lowest BCUT2D eigenvalue weighted by Gasteiger charge is -2.32. The summed E-state index contributed by atoms with van der Waals surface area (Å²) in [5.74, 6) is 0.0995. The highest BCUT2D eigenvalue weighted by Crippen LogP contribution is 2.08. The number of carbonyl (C=O) groups excluding carboxylic acids is 1. The first-order valence-electron chi connectivity index (χ1n) is 5.29. The fourth-order valence-corrected chi connectivity index (χ4v) is 1.63. The lowest BCUT2D eigenvalue weighted by atomic mass is 10.2. The highest BCUT2D eigenvalue weighted by molar-refractivity contribution is 5.76. The third-order valence-corrected chi connectivity index (χ3v) is 2.59. The molecule has 88 valence electrons. The molecule has 0 spiro atoms. The zero-order valence-electron chi connectivity index (χ0n) is 9.44. The van der Waals surface area contributed by atoms with E-state index in [-0.39, 0.29) is 18.1 Å². The van der Waals surface area contributed by atoms with E-state index in [1.165, 1.54) is 0 Å². The first kappa shape index (κ1) is 12.4. The molecule has 2 atom stereocenters. The van der Waals surface area contributed by atoms with E-state index in [4.69, 9.17) is 15.2 Å². The van der Waals surface area contributed by atoms with Crippen molar-refractivity contribution < 1.29 is 14.3 Å². The van der Waals surface area contributed by atoms with Gasteiger partial charge in [0.2, 0.25) is 5.91 Å². The van der Waals surface area contributed by atoms with Crippen LogP contribution in [-0.4, -0.2) is 56.4 Å². The van der Waals surface area contributed by atoms with Gasteiger partial charge in [-0.3, -0.25) is 4.79 Å². The summed E-state index contributed by atoms with van der Waals surface area (Å²) in [6.07, 6.45) is 0.317. The summed E-state index contributed by atoms with van der Waals surface area (Å²) >= 11 is 0. The van der Waals surface area contributed by atoms with Crippen molar-refractivity contribution in [3.05, 3.63) is 0 Å². The molecule has 1 aliphatic heterocycles. The van der Waals surface area contributed by atoms with E-state index in [2.05, 4.69) is 0 Å². The van der Waals surface area contributed by atoms with Gasteiger partial charge in [-0.15, -0.1) is 0 Å². The van der Waals surface area contributed by atoms with Crippen LogP contribution in [-0.2, 0) is 14.3 Å². The number of hydrogen-bond acceptors (Lipinski definition) is 4. The fourth-order valence-electron chi connectivity index (χ4n) is 1.63. The maximum Gasteiger partial charge on any atom is 0.225 e. The molecule has 1 amide bonds. The van der Waals surface area contributed by atoms with E-state index in [0.717, 1.165) is 0 Å². The summed E-state index contributed by atoms with van der Waals surface area (Å²) in [6.45, 7) is 4.30. The molecule has 2 unspecified atom stereocenters. The zero-order chi connectivity index (χ0) is 11.3. The second kappa shape index (κ2) is 6.05. The van der Waals surface area contributed by atoms with Crippen LogP contribution in [0.5, 0.6) is 0 Å². The van der Waals surface area contributed by atoms with Crippen molar-refractivity contribution in [3.8, 4) is 0 Å². The van der Waals surface area contributed by atoms with E-state index in [1.54, 1.807) is 7.11 Å². The Kier molecular flexibility index (Phi) is 5.01.